The van der Waals surface area contributed by atoms with Crippen LogP contribution in [-0.4, -0.2) is 25.5 Å². The summed E-state index contributed by atoms with van der Waals surface area (Å²) in [5.41, 5.74) is 2.40. The van der Waals surface area contributed by atoms with Gasteiger partial charge in [-0.2, -0.15) is 0 Å². The highest BCUT2D eigenvalue weighted by Gasteiger charge is 2.10. The largest absolute Gasteiger partial charge is 0.496 e. The minimum Gasteiger partial charge on any atom is -0.496 e. The predicted molar refractivity (Wildman–Crippen MR) is 73.1 cm³/mol. The van der Waals surface area contributed by atoms with Crippen LogP contribution < -0.4 is 4.74 Å². The monoisotopic (exact) mass is 237 g/mol. The summed E-state index contributed by atoms with van der Waals surface area (Å²) in [5.74, 6) is 1.41. The number of hydrogen-bond donors (Lipinski definition) is 0. The number of benzene rings is 1. The molecule has 0 aliphatic carbocycles. The van der Waals surface area contributed by atoms with Gasteiger partial charge in [0.2, 0.25) is 0 Å². The first-order valence-corrected chi connectivity index (χ1v) is 6.55. The van der Waals surface area contributed by atoms with Crippen molar-refractivity contribution in [3.63, 3.8) is 0 Å². The average molecular weight is 237 g/mol. The molecular formula is C13H19NOS. The molecule has 0 saturated carbocycles. The Hall–Kier alpha value is -0.960. The Kier molecular flexibility index (Phi) is 4.87. The van der Waals surface area contributed by atoms with Gasteiger partial charge in [0.05, 0.1) is 12.2 Å². The highest BCUT2D eigenvalue weighted by molar-refractivity contribution is 8.13. The molecule has 0 aromatic heterocycles. The Morgan fingerprint density at radius 3 is 2.50 bits per heavy atom. The highest BCUT2D eigenvalue weighted by Crippen LogP contribution is 2.28. The second kappa shape index (κ2) is 5.94. The fourth-order valence-electron chi connectivity index (χ4n) is 1.66. The van der Waals surface area contributed by atoms with Gasteiger partial charge in [0.15, 0.2) is 0 Å². The maximum Gasteiger partial charge on any atom is 0.122 e. The predicted octanol–water partition coefficient (Wildman–Crippen LogP) is 3.56. The van der Waals surface area contributed by atoms with Crippen LogP contribution in [0.2, 0.25) is 0 Å². The molecule has 0 bridgehead atoms. The van der Waals surface area contributed by atoms with E-state index in [9.17, 15) is 0 Å². The Morgan fingerprint density at radius 2 is 2.06 bits per heavy atom. The molecule has 0 unspecified atom stereocenters. The normalized spacial score (nSPS) is 12.0. The Bertz CT molecular complexity index is 386. The van der Waals surface area contributed by atoms with Gasteiger partial charge in [-0.15, -0.1) is 11.8 Å². The maximum atomic E-state index is 5.36. The lowest BCUT2D eigenvalue weighted by molar-refractivity contribution is 0.407. The third-order valence-corrected chi connectivity index (χ3v) is 3.30. The number of thioether (sulfide) groups is 1. The molecule has 0 spiro atoms. The molecule has 0 saturated heterocycles. The molecule has 0 aliphatic rings. The van der Waals surface area contributed by atoms with Crippen molar-refractivity contribution < 1.29 is 4.74 Å². The summed E-state index contributed by atoms with van der Waals surface area (Å²) in [6.07, 6.45) is 2.04. The molecule has 2 nitrogen and oxygen atoms in total. The Balaban J connectivity index is 3.21. The van der Waals surface area contributed by atoms with E-state index >= 15 is 0 Å². The number of nitrogens with zero attached hydrogens (tertiary/aromatic N) is 1. The third-order valence-electron chi connectivity index (χ3n) is 2.50. The summed E-state index contributed by atoms with van der Waals surface area (Å²) in [6.45, 7) is 4.34. The van der Waals surface area contributed by atoms with E-state index in [0.717, 1.165) is 10.8 Å². The second-order valence-electron chi connectivity index (χ2n) is 3.84. The molecule has 0 N–H and O–H groups in total. The van der Waals surface area contributed by atoms with Gasteiger partial charge in [0.1, 0.15) is 5.75 Å². The summed E-state index contributed by atoms with van der Waals surface area (Å²) in [5, 5.41) is 1.06. The summed E-state index contributed by atoms with van der Waals surface area (Å²) < 4.78 is 5.36. The third kappa shape index (κ3) is 2.79. The average Bonchev–Trinajstić information content (AvgIpc) is 2.30. The minimum atomic E-state index is 0.454. The van der Waals surface area contributed by atoms with E-state index in [2.05, 4.69) is 31.0 Å². The van der Waals surface area contributed by atoms with Crippen molar-refractivity contribution in [3.05, 3.63) is 29.3 Å². The van der Waals surface area contributed by atoms with Crippen molar-refractivity contribution in [1.29, 1.82) is 0 Å². The van der Waals surface area contributed by atoms with Crippen LogP contribution in [0.15, 0.2) is 23.2 Å². The standard InChI is InChI=1S/C13H19NOS/c1-9(2)11-8-10(13(14-3)16-5)6-7-12(11)15-4/h6-9H,1-5H3. The van der Waals surface area contributed by atoms with Gasteiger partial charge in [0, 0.05) is 12.6 Å². The zero-order chi connectivity index (χ0) is 12.1. The summed E-state index contributed by atoms with van der Waals surface area (Å²) >= 11 is 1.67. The molecule has 0 amide bonds. The lowest BCUT2D eigenvalue weighted by atomic mass is 10.00. The van der Waals surface area contributed by atoms with Gasteiger partial charge in [0.25, 0.3) is 0 Å². The van der Waals surface area contributed by atoms with Crippen molar-refractivity contribution in [2.75, 3.05) is 20.4 Å². The van der Waals surface area contributed by atoms with E-state index in [4.69, 9.17) is 4.74 Å². The van der Waals surface area contributed by atoms with Crippen LogP contribution in [0, 0.1) is 0 Å². The summed E-state index contributed by atoms with van der Waals surface area (Å²) in [7, 11) is 3.54. The van der Waals surface area contributed by atoms with Crippen LogP contribution in [0.5, 0.6) is 5.75 Å². The number of ether oxygens (including phenoxy) is 1. The van der Waals surface area contributed by atoms with Crippen LogP contribution in [0.25, 0.3) is 0 Å². The van der Waals surface area contributed by atoms with Crippen LogP contribution >= 0.6 is 11.8 Å². The maximum absolute atomic E-state index is 5.36. The molecule has 0 atom stereocenters. The molecule has 0 aliphatic heterocycles. The molecule has 3 heteroatoms. The molecule has 1 rings (SSSR count). The summed E-state index contributed by atoms with van der Waals surface area (Å²) in [4.78, 5) is 4.27. The van der Waals surface area contributed by atoms with Crippen LogP contribution in [0.3, 0.4) is 0 Å². The van der Waals surface area contributed by atoms with E-state index in [0.29, 0.717) is 5.92 Å². The number of hydrogen-bond acceptors (Lipinski definition) is 3. The van der Waals surface area contributed by atoms with E-state index in [1.807, 2.05) is 19.4 Å². The Labute approximate surface area is 102 Å². The summed E-state index contributed by atoms with van der Waals surface area (Å²) in [6, 6.07) is 6.25. The van der Waals surface area contributed by atoms with Gasteiger partial charge in [-0.05, 0) is 35.9 Å². The van der Waals surface area contributed by atoms with Crippen LogP contribution in [0.1, 0.15) is 30.9 Å². The van der Waals surface area contributed by atoms with E-state index in [1.165, 1.54) is 11.1 Å². The van der Waals surface area contributed by atoms with Gasteiger partial charge >= 0.3 is 0 Å². The lowest BCUT2D eigenvalue weighted by Crippen LogP contribution is -2.00. The smallest absolute Gasteiger partial charge is 0.122 e. The van der Waals surface area contributed by atoms with E-state index in [1.54, 1.807) is 18.9 Å². The zero-order valence-electron chi connectivity index (χ0n) is 10.6. The van der Waals surface area contributed by atoms with Crippen molar-refractivity contribution >= 4 is 16.8 Å². The van der Waals surface area contributed by atoms with Gasteiger partial charge in [-0.3, -0.25) is 4.99 Å². The van der Waals surface area contributed by atoms with Gasteiger partial charge in [-0.25, -0.2) is 0 Å². The fourth-order valence-corrected chi connectivity index (χ4v) is 2.20. The molecule has 0 radical (unpaired) electrons. The molecule has 1 aromatic carbocycles. The van der Waals surface area contributed by atoms with Crippen molar-refractivity contribution in [3.8, 4) is 5.75 Å². The van der Waals surface area contributed by atoms with Crippen molar-refractivity contribution in [2.24, 2.45) is 4.99 Å². The minimum absolute atomic E-state index is 0.454. The zero-order valence-corrected chi connectivity index (χ0v) is 11.4. The number of aliphatic imine (C=N–C) groups is 1. The molecule has 88 valence electrons. The highest BCUT2D eigenvalue weighted by atomic mass is 32.2. The second-order valence-corrected chi connectivity index (χ2v) is 4.64. The SMILES string of the molecule is CN=C(SC)c1ccc(OC)c(C(C)C)c1. The van der Waals surface area contributed by atoms with Crippen molar-refractivity contribution in [2.45, 2.75) is 19.8 Å². The number of rotatable bonds is 3. The first-order valence-electron chi connectivity index (χ1n) is 5.33. The van der Waals surface area contributed by atoms with Crippen LogP contribution in [0.4, 0.5) is 0 Å². The van der Waals surface area contributed by atoms with Crippen LogP contribution in [-0.2, 0) is 0 Å². The fraction of sp³-hybridized carbons (Fsp3) is 0.462. The molecule has 16 heavy (non-hydrogen) atoms. The molecule has 0 fully saturated rings. The van der Waals surface area contributed by atoms with E-state index < -0.39 is 0 Å². The quantitative estimate of drug-likeness (QED) is 0.592. The lowest BCUT2D eigenvalue weighted by Gasteiger charge is -2.13. The van der Waals surface area contributed by atoms with Gasteiger partial charge in [-0.1, -0.05) is 13.8 Å². The van der Waals surface area contributed by atoms with E-state index in [-0.39, 0.29) is 0 Å². The molecule has 0 heterocycles. The first-order chi connectivity index (χ1) is 7.63. The number of methoxy groups -OCH3 is 1. The topological polar surface area (TPSA) is 21.6 Å². The first kappa shape index (κ1) is 13.1. The Morgan fingerprint density at radius 1 is 1.38 bits per heavy atom. The van der Waals surface area contributed by atoms with Gasteiger partial charge < -0.3 is 4.74 Å². The molecule has 1 aromatic rings. The van der Waals surface area contributed by atoms with Crippen molar-refractivity contribution in [1.82, 2.24) is 0 Å². The molecular weight excluding hydrogens is 218 g/mol.